The molecular weight excluding hydrogens is 737 g/mol. The average molecular weight is 777 g/mol. The summed E-state index contributed by atoms with van der Waals surface area (Å²) in [5.41, 5.74) is 20.0. The third-order valence-electron chi connectivity index (χ3n) is 13.7. The number of para-hydroxylation sites is 1. The van der Waals surface area contributed by atoms with Crippen molar-refractivity contribution in [3.05, 3.63) is 217 Å². The predicted octanol–water partition coefficient (Wildman–Crippen LogP) is 16.2. The standard InChI is InChI=1S/C59H40N2/c1-59(2)52-22-11-10-20-48(52)49-33-32-44(36-53(49)59)60(41-15-4-3-5-16-41)42-28-23-37(24-29-42)38-25-30-43(31-26-38)61-54-34-27-39-14-12-21-50-46-18-8-9-19-47(46)51-35-40-13-6-7-17-45(40)58(61)56(51)57(54)55(39)50/h3-36H,1-2H3. The van der Waals surface area contributed by atoms with E-state index in [4.69, 9.17) is 0 Å². The van der Waals surface area contributed by atoms with Crippen molar-refractivity contribution in [2.24, 2.45) is 0 Å². The molecule has 11 aromatic rings. The maximum absolute atomic E-state index is 2.52. The second kappa shape index (κ2) is 12.7. The molecule has 2 aliphatic rings. The van der Waals surface area contributed by atoms with E-state index < -0.39 is 0 Å². The van der Waals surface area contributed by atoms with Gasteiger partial charge in [-0.25, -0.2) is 0 Å². The van der Waals surface area contributed by atoms with Crippen molar-refractivity contribution in [2.45, 2.75) is 19.3 Å². The molecule has 2 aliphatic carbocycles. The zero-order valence-corrected chi connectivity index (χ0v) is 34.0. The molecule has 2 nitrogen and oxygen atoms in total. The van der Waals surface area contributed by atoms with Gasteiger partial charge in [-0.3, -0.25) is 0 Å². The number of anilines is 3. The van der Waals surface area contributed by atoms with Crippen LogP contribution in [0.3, 0.4) is 0 Å². The molecule has 1 aromatic heterocycles. The lowest BCUT2D eigenvalue weighted by molar-refractivity contribution is 0.660. The number of fused-ring (bicyclic) bond motifs is 8. The first-order valence-electron chi connectivity index (χ1n) is 21.3. The number of nitrogens with zero attached hydrogens (tertiary/aromatic N) is 2. The minimum Gasteiger partial charge on any atom is -0.310 e. The number of hydrogen-bond donors (Lipinski definition) is 0. The number of rotatable bonds is 5. The summed E-state index contributed by atoms with van der Waals surface area (Å²) in [4.78, 5) is 2.38. The second-order valence-corrected chi connectivity index (χ2v) is 17.3. The molecule has 286 valence electrons. The molecule has 0 aliphatic heterocycles. The van der Waals surface area contributed by atoms with Crippen LogP contribution in [0.1, 0.15) is 25.0 Å². The molecule has 61 heavy (non-hydrogen) atoms. The van der Waals surface area contributed by atoms with E-state index in [0.29, 0.717) is 0 Å². The summed E-state index contributed by atoms with van der Waals surface area (Å²) in [5.74, 6) is 0. The Morgan fingerprint density at radius 1 is 0.377 bits per heavy atom. The molecule has 0 amide bonds. The van der Waals surface area contributed by atoms with E-state index >= 15 is 0 Å². The first kappa shape index (κ1) is 34.2. The quantitative estimate of drug-likeness (QED) is 0.169. The number of hydrogen-bond acceptors (Lipinski definition) is 1. The Hall–Kier alpha value is -7.68. The van der Waals surface area contributed by atoms with Gasteiger partial charge in [0.2, 0.25) is 0 Å². The molecule has 2 heteroatoms. The van der Waals surface area contributed by atoms with Gasteiger partial charge in [0.25, 0.3) is 0 Å². The van der Waals surface area contributed by atoms with Gasteiger partial charge < -0.3 is 9.47 Å². The van der Waals surface area contributed by atoms with E-state index in [1.54, 1.807) is 0 Å². The summed E-state index contributed by atoms with van der Waals surface area (Å²) in [5, 5.41) is 7.79. The largest absolute Gasteiger partial charge is 0.310 e. The average Bonchev–Trinajstić information content (AvgIpc) is 3.74. The highest BCUT2D eigenvalue weighted by atomic mass is 15.1. The van der Waals surface area contributed by atoms with Crippen LogP contribution >= 0.6 is 0 Å². The van der Waals surface area contributed by atoms with Gasteiger partial charge in [0, 0.05) is 44.3 Å². The summed E-state index contributed by atoms with van der Waals surface area (Å²) in [6.07, 6.45) is 0. The molecule has 0 unspecified atom stereocenters. The minimum atomic E-state index is -0.0768. The van der Waals surface area contributed by atoms with Crippen LogP contribution in [0.2, 0.25) is 0 Å². The molecular formula is C59H40N2. The Balaban J connectivity index is 0.931. The lowest BCUT2D eigenvalue weighted by atomic mass is 9.82. The van der Waals surface area contributed by atoms with Gasteiger partial charge in [0.15, 0.2) is 0 Å². The van der Waals surface area contributed by atoms with Gasteiger partial charge in [-0.1, -0.05) is 159 Å². The Morgan fingerprint density at radius 2 is 0.984 bits per heavy atom. The highest BCUT2D eigenvalue weighted by molar-refractivity contribution is 6.34. The number of aromatic nitrogens is 1. The third kappa shape index (κ3) is 4.85. The molecule has 0 spiro atoms. The van der Waals surface area contributed by atoms with Crippen LogP contribution in [-0.4, -0.2) is 4.57 Å². The van der Waals surface area contributed by atoms with Crippen molar-refractivity contribution in [1.82, 2.24) is 4.57 Å². The second-order valence-electron chi connectivity index (χ2n) is 17.3. The van der Waals surface area contributed by atoms with E-state index in [9.17, 15) is 0 Å². The summed E-state index contributed by atoms with van der Waals surface area (Å²) in [6, 6.07) is 76.5. The smallest absolute Gasteiger partial charge is 0.0625 e. The summed E-state index contributed by atoms with van der Waals surface area (Å²) in [6.45, 7) is 4.70. The molecule has 0 atom stereocenters. The summed E-state index contributed by atoms with van der Waals surface area (Å²) >= 11 is 0. The van der Waals surface area contributed by atoms with Crippen molar-refractivity contribution in [3.8, 4) is 50.2 Å². The highest BCUT2D eigenvalue weighted by Crippen LogP contribution is 2.53. The Kier molecular flexibility index (Phi) is 7.10. The van der Waals surface area contributed by atoms with Crippen molar-refractivity contribution in [2.75, 3.05) is 4.90 Å². The van der Waals surface area contributed by atoms with Gasteiger partial charge in [-0.05, 0) is 132 Å². The molecule has 0 N–H and O–H groups in total. The van der Waals surface area contributed by atoms with Crippen LogP contribution < -0.4 is 4.90 Å². The molecule has 13 rings (SSSR count). The zero-order valence-electron chi connectivity index (χ0n) is 34.0. The Labute approximate surface area is 355 Å². The minimum absolute atomic E-state index is 0.0768. The van der Waals surface area contributed by atoms with Gasteiger partial charge in [-0.2, -0.15) is 0 Å². The molecule has 10 aromatic carbocycles. The van der Waals surface area contributed by atoms with Crippen molar-refractivity contribution in [1.29, 1.82) is 0 Å². The maximum Gasteiger partial charge on any atom is 0.0625 e. The summed E-state index contributed by atoms with van der Waals surface area (Å²) in [7, 11) is 0. The van der Waals surface area contributed by atoms with Crippen LogP contribution in [0.25, 0.3) is 93.5 Å². The van der Waals surface area contributed by atoms with Crippen LogP contribution in [-0.2, 0) is 5.41 Å². The van der Waals surface area contributed by atoms with Gasteiger partial charge >= 0.3 is 0 Å². The van der Waals surface area contributed by atoms with Crippen LogP contribution in [0.15, 0.2) is 206 Å². The normalized spacial score (nSPS) is 13.2. The molecule has 0 saturated heterocycles. The van der Waals surface area contributed by atoms with Crippen LogP contribution in [0, 0.1) is 0 Å². The van der Waals surface area contributed by atoms with Crippen molar-refractivity contribution < 1.29 is 0 Å². The molecule has 0 fully saturated rings. The van der Waals surface area contributed by atoms with Gasteiger partial charge in [0.05, 0.1) is 11.0 Å². The van der Waals surface area contributed by atoms with E-state index in [1.807, 2.05) is 0 Å². The lowest BCUT2D eigenvalue weighted by Crippen LogP contribution is -2.16. The SMILES string of the molecule is CC1(C)c2ccccc2-c2ccc(N(c3ccccc3)c3ccc(-c4ccc(-n5c6ccc7cccc8c7c6c6c(cc7ccccc7c65)-c5ccccc5-8)cc4)cc3)cc21. The molecule has 0 saturated carbocycles. The lowest BCUT2D eigenvalue weighted by Gasteiger charge is -2.28. The monoisotopic (exact) mass is 776 g/mol. The van der Waals surface area contributed by atoms with E-state index in [1.165, 1.54) is 99.0 Å². The first-order chi connectivity index (χ1) is 30.0. The molecule has 0 radical (unpaired) electrons. The fraction of sp³-hybridized carbons (Fsp3) is 0.0508. The highest BCUT2D eigenvalue weighted by Gasteiger charge is 2.36. The maximum atomic E-state index is 2.52. The topological polar surface area (TPSA) is 8.17 Å². The fourth-order valence-corrected chi connectivity index (χ4v) is 10.9. The van der Waals surface area contributed by atoms with Crippen LogP contribution in [0.5, 0.6) is 0 Å². The molecule has 1 heterocycles. The zero-order chi connectivity index (χ0) is 40.4. The first-order valence-corrected chi connectivity index (χ1v) is 21.3. The Morgan fingerprint density at radius 3 is 1.79 bits per heavy atom. The fourth-order valence-electron chi connectivity index (χ4n) is 10.9. The van der Waals surface area contributed by atoms with Gasteiger partial charge in [0.1, 0.15) is 0 Å². The predicted molar refractivity (Wildman–Crippen MR) is 258 cm³/mol. The Bertz CT molecular complexity index is 3590. The van der Waals surface area contributed by atoms with E-state index in [2.05, 4.69) is 230 Å². The van der Waals surface area contributed by atoms with E-state index in [-0.39, 0.29) is 5.41 Å². The number of benzene rings is 10. The third-order valence-corrected chi connectivity index (χ3v) is 13.7. The molecule has 0 bridgehead atoms. The van der Waals surface area contributed by atoms with Crippen molar-refractivity contribution in [3.63, 3.8) is 0 Å². The summed E-state index contributed by atoms with van der Waals surface area (Å²) < 4.78 is 2.52. The van der Waals surface area contributed by atoms with E-state index in [0.717, 1.165) is 22.7 Å². The van der Waals surface area contributed by atoms with Crippen LogP contribution in [0.4, 0.5) is 17.1 Å². The van der Waals surface area contributed by atoms with Gasteiger partial charge in [-0.15, -0.1) is 0 Å². The van der Waals surface area contributed by atoms with Crippen molar-refractivity contribution >= 4 is 60.4 Å².